The van der Waals surface area contributed by atoms with Crippen LogP contribution in [0.3, 0.4) is 0 Å². The molecule has 5 aliphatic rings. The van der Waals surface area contributed by atoms with Crippen LogP contribution in [0.2, 0.25) is 0 Å². The van der Waals surface area contributed by atoms with Gasteiger partial charge in [-0.2, -0.15) is 0 Å². The first kappa shape index (κ1) is 26.8. The summed E-state index contributed by atoms with van der Waals surface area (Å²) in [6.07, 6.45) is 4.93. The summed E-state index contributed by atoms with van der Waals surface area (Å²) in [5, 5.41) is 5.24. The molecule has 5 heterocycles. The highest BCUT2D eigenvalue weighted by atomic mass is 16.5. The van der Waals surface area contributed by atoms with Gasteiger partial charge in [0.1, 0.15) is 30.1 Å². The van der Waals surface area contributed by atoms with Crippen molar-refractivity contribution in [2.24, 2.45) is 21.7 Å². The number of amidine groups is 1. The second-order valence-corrected chi connectivity index (χ2v) is 11.1. The number of hydrazine groups is 2. The predicted octanol–water partition coefficient (Wildman–Crippen LogP) is 2.07. The molecule has 222 valence electrons. The molecule has 1 aromatic heterocycles. The number of methoxy groups -OCH3 is 1. The van der Waals surface area contributed by atoms with Crippen LogP contribution >= 0.6 is 0 Å². The number of piperazine rings is 1. The number of nitrogens with two attached hydrogens (primary N) is 1. The Labute approximate surface area is 245 Å². The highest BCUT2D eigenvalue weighted by molar-refractivity contribution is 6.12. The molecule has 1 aliphatic carbocycles. The van der Waals surface area contributed by atoms with Gasteiger partial charge >= 0.3 is 6.03 Å². The Morgan fingerprint density at radius 1 is 1.05 bits per heavy atom. The van der Waals surface area contributed by atoms with Gasteiger partial charge in [0.2, 0.25) is 6.29 Å². The van der Waals surface area contributed by atoms with Crippen molar-refractivity contribution < 1.29 is 18.7 Å². The number of fused-ring (bicyclic) bond motifs is 3. The molecule has 1 saturated carbocycles. The molecule has 2 aromatic rings. The number of nitrogens with zero attached hydrogens (tertiary/aromatic N) is 8. The van der Waals surface area contributed by atoms with Gasteiger partial charge in [0.15, 0.2) is 11.6 Å². The number of hydrogen-bond donors (Lipinski definition) is 1. The van der Waals surface area contributed by atoms with E-state index in [1.165, 1.54) is 10.7 Å². The van der Waals surface area contributed by atoms with Crippen molar-refractivity contribution in [3.63, 3.8) is 0 Å². The summed E-state index contributed by atoms with van der Waals surface area (Å²) in [5.41, 5.74) is 2.53. The Balaban J connectivity index is 1.02. The Kier molecular flexibility index (Phi) is 7.22. The summed E-state index contributed by atoms with van der Waals surface area (Å²) >= 11 is 0. The number of amides is 2. The van der Waals surface area contributed by atoms with Crippen LogP contribution in [0.5, 0.6) is 5.75 Å². The molecular weight excluding hydrogens is 538 g/mol. The number of rotatable bonds is 11. The van der Waals surface area contributed by atoms with Crippen LogP contribution in [0.25, 0.3) is 5.70 Å². The zero-order chi connectivity index (χ0) is 28.6. The first-order valence-electron chi connectivity index (χ1n) is 14.6. The molecule has 3 fully saturated rings. The minimum absolute atomic E-state index is 0.0226. The van der Waals surface area contributed by atoms with Gasteiger partial charge in [0, 0.05) is 58.6 Å². The molecule has 13 nitrogen and oxygen atoms in total. The molecular formula is C29H37N9O4. The van der Waals surface area contributed by atoms with Crippen LogP contribution in [0.15, 0.2) is 62.8 Å². The molecule has 1 atom stereocenters. The van der Waals surface area contributed by atoms with Crippen LogP contribution in [0.1, 0.15) is 18.6 Å². The van der Waals surface area contributed by atoms with Crippen LogP contribution < -0.4 is 15.5 Å². The van der Waals surface area contributed by atoms with Crippen molar-refractivity contribution in [3.8, 4) is 5.75 Å². The van der Waals surface area contributed by atoms with E-state index in [4.69, 9.17) is 24.7 Å². The van der Waals surface area contributed by atoms with E-state index in [9.17, 15) is 4.79 Å². The summed E-state index contributed by atoms with van der Waals surface area (Å²) < 4.78 is 16.4. The van der Waals surface area contributed by atoms with Gasteiger partial charge in [-0.1, -0.05) is 0 Å². The first-order chi connectivity index (χ1) is 20.6. The number of urea groups is 1. The molecule has 7 rings (SSSR count). The van der Waals surface area contributed by atoms with Crippen LogP contribution in [0.4, 0.5) is 10.5 Å². The molecule has 0 spiro atoms. The molecule has 0 radical (unpaired) electrons. The maximum Gasteiger partial charge on any atom is 0.342 e. The Morgan fingerprint density at radius 2 is 1.86 bits per heavy atom. The Morgan fingerprint density at radius 3 is 2.57 bits per heavy atom. The number of carbonyl (C=O) groups excluding carboxylic acids is 1. The van der Waals surface area contributed by atoms with Gasteiger partial charge < -0.3 is 18.8 Å². The smallest absolute Gasteiger partial charge is 0.342 e. The molecule has 13 heteroatoms. The fourth-order valence-corrected chi connectivity index (χ4v) is 5.86. The van der Waals surface area contributed by atoms with Gasteiger partial charge in [0.25, 0.3) is 0 Å². The second kappa shape index (κ2) is 11.3. The normalized spacial score (nSPS) is 22.3. The lowest BCUT2D eigenvalue weighted by Crippen LogP contribution is -2.49. The largest absolute Gasteiger partial charge is 0.491 e. The van der Waals surface area contributed by atoms with Crippen LogP contribution in [-0.2, 0) is 4.74 Å². The molecule has 2 N–H and O–H groups in total. The van der Waals surface area contributed by atoms with E-state index < -0.39 is 6.29 Å². The number of carbonyl (C=O) groups is 1. The fraction of sp³-hybridized carbons (Fsp3) is 0.483. The Hall–Kier alpha value is -4.07. The van der Waals surface area contributed by atoms with Crippen molar-refractivity contribution >= 4 is 29.6 Å². The molecule has 1 unspecified atom stereocenters. The number of benzene rings is 1. The number of aliphatic imine (C=N–C) groups is 2. The topological polar surface area (TPSA) is 119 Å². The zero-order valence-corrected chi connectivity index (χ0v) is 23.8. The predicted molar refractivity (Wildman–Crippen MR) is 157 cm³/mol. The number of furan rings is 1. The molecule has 2 amide bonds. The van der Waals surface area contributed by atoms with Crippen molar-refractivity contribution in [2.45, 2.75) is 19.1 Å². The van der Waals surface area contributed by atoms with Crippen molar-refractivity contribution in [3.05, 3.63) is 54.1 Å². The van der Waals surface area contributed by atoms with Crippen molar-refractivity contribution in [1.29, 1.82) is 0 Å². The summed E-state index contributed by atoms with van der Waals surface area (Å²) in [6.45, 7) is 6.78. The van der Waals surface area contributed by atoms with Crippen molar-refractivity contribution in [1.82, 2.24) is 24.8 Å². The average Bonchev–Trinajstić information content (AvgIpc) is 3.40. The molecule has 42 heavy (non-hydrogen) atoms. The number of anilines is 1. The maximum atomic E-state index is 13.8. The lowest BCUT2D eigenvalue weighted by molar-refractivity contribution is 0.0582. The highest BCUT2D eigenvalue weighted by Gasteiger charge is 2.53. The monoisotopic (exact) mass is 575 g/mol. The lowest BCUT2D eigenvalue weighted by atomic mass is 10.2. The number of ether oxygens (including phenoxy) is 2. The van der Waals surface area contributed by atoms with Gasteiger partial charge in [-0.05, 0) is 55.2 Å². The van der Waals surface area contributed by atoms with E-state index in [0.29, 0.717) is 55.2 Å². The summed E-state index contributed by atoms with van der Waals surface area (Å²) in [4.78, 5) is 30.0. The quantitative estimate of drug-likeness (QED) is 0.317. The first-order valence-corrected chi connectivity index (χ1v) is 14.6. The third-order valence-electron chi connectivity index (χ3n) is 8.35. The van der Waals surface area contributed by atoms with Gasteiger partial charge in [-0.3, -0.25) is 9.80 Å². The van der Waals surface area contributed by atoms with E-state index in [1.807, 2.05) is 39.2 Å². The van der Waals surface area contributed by atoms with E-state index in [1.54, 1.807) is 19.7 Å². The highest BCUT2D eigenvalue weighted by Crippen LogP contribution is 2.41. The van der Waals surface area contributed by atoms with E-state index in [-0.39, 0.29) is 6.03 Å². The van der Waals surface area contributed by atoms with E-state index >= 15 is 0 Å². The second-order valence-electron chi connectivity index (χ2n) is 11.1. The zero-order valence-electron chi connectivity index (χ0n) is 23.8. The van der Waals surface area contributed by atoms with Gasteiger partial charge in [-0.25, -0.2) is 35.6 Å². The van der Waals surface area contributed by atoms with Crippen LogP contribution in [0, 0.1) is 5.92 Å². The van der Waals surface area contributed by atoms with E-state index in [0.717, 1.165) is 51.3 Å². The Bertz CT molecular complexity index is 1360. The molecule has 2 saturated heterocycles. The SMILES string of the molecule is COCCOc1ccc(N2CCN(CCN3C(=O)N(CC4CC4)N4C5=C(c6ccco6)N=CN(N)C5=NC34)CC2)cc1. The summed E-state index contributed by atoms with van der Waals surface area (Å²) in [7, 11) is 1.67. The lowest BCUT2D eigenvalue weighted by Gasteiger charge is -2.36. The van der Waals surface area contributed by atoms with Crippen LogP contribution in [-0.4, -0.2) is 115 Å². The number of hydrogen-bond acceptors (Lipinski definition) is 11. The summed E-state index contributed by atoms with van der Waals surface area (Å²) in [6, 6.07) is 11.9. The fourth-order valence-electron chi connectivity index (χ4n) is 5.86. The van der Waals surface area contributed by atoms with E-state index in [2.05, 4.69) is 26.9 Å². The molecule has 1 aromatic carbocycles. The average molecular weight is 576 g/mol. The van der Waals surface area contributed by atoms with Gasteiger partial charge in [-0.15, -0.1) is 0 Å². The molecule has 0 bridgehead atoms. The third kappa shape index (κ3) is 5.08. The van der Waals surface area contributed by atoms with Crippen molar-refractivity contribution in [2.75, 3.05) is 71.0 Å². The third-order valence-corrected chi connectivity index (χ3v) is 8.35. The standard InChI is InChI=1S/C29H37N9O4/c1-40-17-18-41-23-8-6-22(7-9-23)34-13-10-33(11-14-34)12-15-35-28-32-27-26(38(28)37(29(35)39)19-21-4-5-21)25(31-20-36(27)30)24-3-2-16-42-24/h2-3,6-9,16,20-21,28H,4-5,10-15,17-19,30H2,1H3. The molecule has 4 aliphatic heterocycles. The minimum atomic E-state index is -0.495. The minimum Gasteiger partial charge on any atom is -0.491 e. The maximum absolute atomic E-state index is 13.8. The summed E-state index contributed by atoms with van der Waals surface area (Å²) in [5.74, 6) is 8.84. The van der Waals surface area contributed by atoms with Gasteiger partial charge in [0.05, 0.1) is 12.9 Å².